The van der Waals surface area contributed by atoms with E-state index in [1.165, 1.54) is 22.3 Å². The second kappa shape index (κ2) is 26.6. The van der Waals surface area contributed by atoms with Crippen molar-refractivity contribution in [1.29, 1.82) is 0 Å². The number of aromatic nitrogens is 4. The topological polar surface area (TPSA) is 225 Å². The molecule has 4 aliphatic rings. The Hall–Kier alpha value is -7.46. The van der Waals surface area contributed by atoms with Crippen LogP contribution in [0.25, 0.3) is 11.2 Å². The number of fused-ring (bicyclic) bond motifs is 2. The Kier molecular flexibility index (Phi) is 19.9. The van der Waals surface area contributed by atoms with Gasteiger partial charge in [-0.25, -0.2) is 34.2 Å². The maximum atomic E-state index is 14.9. The molecular formula is C70H94N8O13. The SMILES string of the molecule is CC[C@H]1O[C@@H](N2C=C(CN(CC(CC[C@H](N(C(=O)OC(C)(C)C)C(=O)OC(C)(C)C)C(C)(C)C)C[C@H]3O[C@@H](n4cnc5c(NC(c6ccccc6)(c6ccccc6)c6ccc(OC)cc6)ncnc54)[C@@H]4OC(C)(C)O[C@@H]43)C(=O)OC(C)(C)C)C(=O)CC2=O)C[C@@H]1C. The van der Waals surface area contributed by atoms with Gasteiger partial charge in [-0.15, -0.1) is 0 Å². The van der Waals surface area contributed by atoms with Gasteiger partial charge in [0.25, 0.3) is 0 Å². The van der Waals surface area contributed by atoms with Crippen LogP contribution in [-0.2, 0) is 48.3 Å². The standard InChI is InChI=1S/C70H94N8O13/c1-18-51-43(2)35-55(85-51)76-40-45(50(79)37-54(76)80)39-75(62(81)89-66(6,7)8)38-44(29-34-53(65(3,4)5)78(63(82)90-67(9,10)11)64(83)91-68(12,13)14)36-52-57-58(88-69(15,16)87-57)61(86-52)77-42-73-56-59(71-41-72-60(56)77)74-70(46-25-21-19-22-26-46,47-27-23-20-24-28-47)48-30-32-49(84-17)33-31-48/h19-28,30-33,40-44,51-53,55,57-58,61H,18,29,34-39H2,1-17H3,(H,71,72,74)/t43-,44?,51+,52+,53-,55+,57+,58+,61+/m0/s1. The number of carbonyl (C=O) groups excluding carboxylic acids is 5. The minimum atomic E-state index is -1.08. The van der Waals surface area contributed by atoms with Gasteiger partial charge in [-0.05, 0) is 154 Å². The molecule has 0 bridgehead atoms. The first-order valence-electron chi connectivity index (χ1n) is 31.8. The molecule has 3 aromatic carbocycles. The lowest BCUT2D eigenvalue weighted by atomic mass is 9.77. The number of rotatable bonds is 19. The molecule has 9 rings (SSSR count). The van der Waals surface area contributed by atoms with E-state index in [2.05, 4.69) is 36.5 Å². The molecule has 1 unspecified atom stereocenters. The molecule has 0 radical (unpaired) electrons. The molecule has 2 aromatic heterocycles. The third-order valence-electron chi connectivity index (χ3n) is 16.9. The first-order valence-corrected chi connectivity index (χ1v) is 31.8. The van der Waals surface area contributed by atoms with Crippen LogP contribution in [0.2, 0.25) is 0 Å². The fourth-order valence-corrected chi connectivity index (χ4v) is 12.8. The van der Waals surface area contributed by atoms with Crippen molar-refractivity contribution >= 4 is 47.0 Å². The summed E-state index contributed by atoms with van der Waals surface area (Å²) in [6.07, 6.45) is 0.277. The van der Waals surface area contributed by atoms with Crippen LogP contribution in [0.5, 0.6) is 5.75 Å². The molecule has 1 N–H and O–H groups in total. The first kappa shape index (κ1) is 67.9. The van der Waals surface area contributed by atoms with Crippen molar-refractivity contribution < 1.29 is 61.9 Å². The van der Waals surface area contributed by atoms with Crippen LogP contribution in [0.15, 0.2) is 109 Å². The highest BCUT2D eigenvalue weighted by Crippen LogP contribution is 2.48. The molecule has 5 aromatic rings. The Morgan fingerprint density at radius 1 is 0.725 bits per heavy atom. The summed E-state index contributed by atoms with van der Waals surface area (Å²) in [7, 11) is 1.64. The molecule has 21 nitrogen and oxygen atoms in total. The van der Waals surface area contributed by atoms with Crippen LogP contribution in [0.3, 0.4) is 0 Å². The molecular weight excluding hydrogens is 1160 g/mol. The van der Waals surface area contributed by atoms with Gasteiger partial charge in [0.2, 0.25) is 5.91 Å². The lowest BCUT2D eigenvalue weighted by Crippen LogP contribution is -2.53. The lowest BCUT2D eigenvalue weighted by molar-refractivity contribution is -0.198. The van der Waals surface area contributed by atoms with Crippen molar-refractivity contribution in [2.24, 2.45) is 17.3 Å². The number of hydrogen-bond acceptors (Lipinski definition) is 17. The fraction of sp³-hybridized carbons (Fsp3) is 0.571. The van der Waals surface area contributed by atoms with Crippen LogP contribution in [-0.4, -0.2) is 144 Å². The van der Waals surface area contributed by atoms with Crippen molar-refractivity contribution in [3.63, 3.8) is 0 Å². The minimum absolute atomic E-state index is 0.0146. The predicted octanol–water partition coefficient (Wildman–Crippen LogP) is 13.1. The highest BCUT2D eigenvalue weighted by molar-refractivity contribution is 6.10. The van der Waals surface area contributed by atoms with Crippen molar-refractivity contribution in [1.82, 2.24) is 34.2 Å². The van der Waals surface area contributed by atoms with Gasteiger partial charge in [-0.3, -0.25) is 19.1 Å². The summed E-state index contributed by atoms with van der Waals surface area (Å²) in [5.41, 5.74) is -0.723. The summed E-state index contributed by atoms with van der Waals surface area (Å²) in [6.45, 7) is 29.1. The number of Topliss-reactive ketones (excluding diaryl/α,β-unsaturated/α-hetero) is 1. The zero-order chi connectivity index (χ0) is 66.2. The number of imidazole rings is 1. The van der Waals surface area contributed by atoms with Crippen LogP contribution in [0.4, 0.5) is 20.2 Å². The number of carbonyl (C=O) groups is 5. The normalized spacial score (nSPS) is 22.7. The van der Waals surface area contributed by atoms with Crippen LogP contribution < -0.4 is 10.1 Å². The Morgan fingerprint density at radius 3 is 1.85 bits per heavy atom. The summed E-state index contributed by atoms with van der Waals surface area (Å²) in [6, 6.07) is 27.4. The number of nitrogens with one attached hydrogen (secondary N) is 1. The van der Waals surface area contributed by atoms with E-state index in [0.29, 0.717) is 29.2 Å². The number of imide groups is 1. The molecule has 91 heavy (non-hydrogen) atoms. The van der Waals surface area contributed by atoms with Gasteiger partial charge < -0.3 is 48.1 Å². The van der Waals surface area contributed by atoms with Crippen molar-refractivity contribution in [2.45, 2.75) is 220 Å². The summed E-state index contributed by atoms with van der Waals surface area (Å²) < 4.78 is 52.7. The molecule has 0 spiro atoms. The quantitative estimate of drug-likeness (QED) is 0.0461. The molecule has 21 heteroatoms. The smallest absolute Gasteiger partial charge is 0.420 e. The van der Waals surface area contributed by atoms with E-state index < -0.39 is 107 Å². The number of amides is 4. The number of ketones is 1. The van der Waals surface area contributed by atoms with E-state index in [1.54, 1.807) is 75.8 Å². The molecule has 6 heterocycles. The summed E-state index contributed by atoms with van der Waals surface area (Å²) >= 11 is 0. The minimum Gasteiger partial charge on any atom is -0.497 e. The van der Waals surface area contributed by atoms with Gasteiger partial charge in [0.05, 0.1) is 44.7 Å². The van der Waals surface area contributed by atoms with Gasteiger partial charge >= 0.3 is 18.3 Å². The molecule has 3 fully saturated rings. The molecule has 0 saturated carbocycles. The Labute approximate surface area is 535 Å². The van der Waals surface area contributed by atoms with Gasteiger partial charge in [0.1, 0.15) is 52.9 Å². The molecule has 4 amide bonds. The fourth-order valence-electron chi connectivity index (χ4n) is 12.8. The Morgan fingerprint density at radius 2 is 1.30 bits per heavy atom. The van der Waals surface area contributed by atoms with Gasteiger partial charge in [-0.2, -0.15) is 0 Å². The second-order valence-corrected chi connectivity index (χ2v) is 29.1. The van der Waals surface area contributed by atoms with Crippen LogP contribution in [0.1, 0.15) is 172 Å². The van der Waals surface area contributed by atoms with Crippen molar-refractivity contribution in [3.05, 3.63) is 126 Å². The third kappa shape index (κ3) is 15.7. The maximum absolute atomic E-state index is 14.9. The summed E-state index contributed by atoms with van der Waals surface area (Å²) in [5.74, 6) is -1.09. The zero-order valence-corrected chi connectivity index (χ0v) is 56.1. The molecule has 9 atom stereocenters. The number of ether oxygens (including phenoxy) is 8. The molecule has 4 aliphatic heterocycles. The number of nitrogens with zero attached hydrogens (tertiary/aromatic N) is 7. The van der Waals surface area contributed by atoms with E-state index in [0.717, 1.165) is 28.0 Å². The lowest BCUT2D eigenvalue weighted by Gasteiger charge is -2.40. The van der Waals surface area contributed by atoms with Crippen LogP contribution in [0, 0.1) is 17.3 Å². The van der Waals surface area contributed by atoms with E-state index in [1.807, 2.05) is 107 Å². The number of benzene rings is 3. The Balaban J connectivity index is 1.11. The highest BCUT2D eigenvalue weighted by atomic mass is 16.8. The molecule has 0 aliphatic carbocycles. The van der Waals surface area contributed by atoms with Crippen molar-refractivity contribution in [3.8, 4) is 5.75 Å². The van der Waals surface area contributed by atoms with Gasteiger partial charge in [0.15, 0.2) is 34.8 Å². The highest BCUT2D eigenvalue weighted by Gasteiger charge is 2.57. The monoisotopic (exact) mass is 1250 g/mol. The van der Waals surface area contributed by atoms with E-state index in [-0.39, 0.29) is 55.9 Å². The largest absolute Gasteiger partial charge is 0.497 e. The van der Waals surface area contributed by atoms with E-state index >= 15 is 0 Å². The van der Waals surface area contributed by atoms with Gasteiger partial charge in [0, 0.05) is 18.3 Å². The number of hydrogen-bond donors (Lipinski definition) is 1. The summed E-state index contributed by atoms with van der Waals surface area (Å²) in [4.78, 5) is 90.5. The summed E-state index contributed by atoms with van der Waals surface area (Å²) in [5, 5.41) is 3.88. The number of methoxy groups -OCH3 is 1. The molecule has 3 saturated heterocycles. The van der Waals surface area contributed by atoms with E-state index in [9.17, 15) is 24.0 Å². The van der Waals surface area contributed by atoms with Crippen molar-refractivity contribution in [2.75, 3.05) is 25.5 Å². The first-order chi connectivity index (χ1) is 42.7. The van der Waals surface area contributed by atoms with Crippen LogP contribution >= 0.6 is 0 Å². The third-order valence-corrected chi connectivity index (χ3v) is 16.9. The van der Waals surface area contributed by atoms with Gasteiger partial charge in [-0.1, -0.05) is 107 Å². The average molecular weight is 1260 g/mol. The maximum Gasteiger partial charge on any atom is 0.420 e. The van der Waals surface area contributed by atoms with E-state index in [4.69, 9.17) is 52.8 Å². The predicted molar refractivity (Wildman–Crippen MR) is 342 cm³/mol. The zero-order valence-electron chi connectivity index (χ0n) is 56.1. The molecule has 492 valence electrons. The number of anilines is 1. The second-order valence-electron chi connectivity index (χ2n) is 29.1. The average Bonchev–Trinajstić information content (AvgIpc) is 1.70. The Bertz CT molecular complexity index is 3350.